The maximum atomic E-state index is 12.3. The van der Waals surface area contributed by atoms with Gasteiger partial charge in [0.2, 0.25) is 0 Å². The molecule has 1 saturated heterocycles. The molecule has 2 rings (SSSR count). The highest BCUT2D eigenvalue weighted by atomic mass is 16.6. The van der Waals surface area contributed by atoms with Crippen LogP contribution in [-0.2, 0) is 9.53 Å². The van der Waals surface area contributed by atoms with E-state index in [1.54, 1.807) is 4.90 Å². The summed E-state index contributed by atoms with van der Waals surface area (Å²) in [7, 11) is 0. The number of likely N-dealkylation sites (tertiary alicyclic amines) is 1. The first-order chi connectivity index (χ1) is 9.27. The van der Waals surface area contributed by atoms with E-state index in [1.807, 2.05) is 20.8 Å². The molecule has 20 heavy (non-hydrogen) atoms. The van der Waals surface area contributed by atoms with E-state index in [0.717, 1.165) is 12.8 Å². The van der Waals surface area contributed by atoms with Crippen molar-refractivity contribution in [2.75, 3.05) is 19.7 Å². The second-order valence-corrected chi connectivity index (χ2v) is 7.03. The summed E-state index contributed by atoms with van der Waals surface area (Å²) in [6.07, 6.45) is 2.72. The van der Waals surface area contributed by atoms with E-state index in [1.165, 1.54) is 0 Å². The van der Waals surface area contributed by atoms with E-state index in [2.05, 4.69) is 0 Å². The molecule has 0 unspecified atom stereocenters. The van der Waals surface area contributed by atoms with Crippen molar-refractivity contribution in [3.63, 3.8) is 0 Å². The fourth-order valence-electron chi connectivity index (χ4n) is 3.25. The maximum absolute atomic E-state index is 12.3. The maximum Gasteiger partial charge on any atom is 0.410 e. The van der Waals surface area contributed by atoms with E-state index in [0.29, 0.717) is 25.9 Å². The molecule has 5 heteroatoms. The van der Waals surface area contributed by atoms with Crippen molar-refractivity contribution in [3.8, 4) is 0 Å². The van der Waals surface area contributed by atoms with Crippen molar-refractivity contribution in [1.82, 2.24) is 4.90 Å². The predicted molar refractivity (Wildman–Crippen MR) is 74.3 cm³/mol. The van der Waals surface area contributed by atoms with E-state index in [9.17, 15) is 14.7 Å². The number of ketones is 1. The largest absolute Gasteiger partial charge is 0.444 e. The summed E-state index contributed by atoms with van der Waals surface area (Å²) in [6, 6.07) is 0. The average Bonchev–Trinajstić information content (AvgIpc) is 2.66. The summed E-state index contributed by atoms with van der Waals surface area (Å²) in [4.78, 5) is 26.0. The summed E-state index contributed by atoms with van der Waals surface area (Å²) in [6.45, 7) is 6.64. The van der Waals surface area contributed by atoms with Gasteiger partial charge in [0.05, 0.1) is 6.61 Å². The Bertz CT molecular complexity index is 391. The molecule has 1 N–H and O–H groups in total. The molecule has 5 nitrogen and oxygen atoms in total. The third kappa shape index (κ3) is 2.97. The fourth-order valence-corrected chi connectivity index (χ4v) is 3.25. The Morgan fingerprint density at radius 2 is 1.95 bits per heavy atom. The molecule has 1 aliphatic carbocycles. The molecule has 2 fully saturated rings. The number of aliphatic hydroxyl groups is 1. The van der Waals surface area contributed by atoms with Gasteiger partial charge in [0.15, 0.2) is 0 Å². The van der Waals surface area contributed by atoms with Crippen LogP contribution in [0.15, 0.2) is 0 Å². The topological polar surface area (TPSA) is 66.8 Å². The highest BCUT2D eigenvalue weighted by Crippen LogP contribution is 2.46. The van der Waals surface area contributed by atoms with E-state index in [4.69, 9.17) is 4.74 Å². The van der Waals surface area contributed by atoms with Gasteiger partial charge in [-0.25, -0.2) is 4.79 Å². The molecular formula is C15H25NO4. The molecule has 1 saturated carbocycles. The molecule has 1 aliphatic heterocycles. The fraction of sp³-hybridized carbons (Fsp3) is 0.867. The molecule has 1 atom stereocenters. The van der Waals surface area contributed by atoms with Crippen LogP contribution in [0.3, 0.4) is 0 Å². The van der Waals surface area contributed by atoms with E-state index in [-0.39, 0.29) is 29.8 Å². The van der Waals surface area contributed by atoms with Crippen molar-refractivity contribution >= 4 is 11.9 Å². The first-order valence-corrected chi connectivity index (χ1v) is 7.40. The molecule has 1 amide bonds. The van der Waals surface area contributed by atoms with Gasteiger partial charge in [-0.3, -0.25) is 4.79 Å². The standard InChI is InChI=1S/C15H25NO4/c1-14(2,3)20-13(19)16-8-6-15(7-9-16)5-4-11(10-17)12(15)18/h11,17H,4-10H2,1-3H3/t11-/m1/s1. The molecule has 2 aliphatic rings. The lowest BCUT2D eigenvalue weighted by molar-refractivity contribution is -0.132. The Morgan fingerprint density at radius 3 is 2.40 bits per heavy atom. The number of carbonyl (C=O) groups excluding carboxylic acids is 2. The van der Waals surface area contributed by atoms with E-state index >= 15 is 0 Å². The lowest BCUT2D eigenvalue weighted by Gasteiger charge is -2.38. The Labute approximate surface area is 120 Å². The van der Waals surface area contributed by atoms with Gasteiger partial charge in [0.1, 0.15) is 11.4 Å². The van der Waals surface area contributed by atoms with Crippen LogP contribution in [0, 0.1) is 11.3 Å². The predicted octanol–water partition coefficient (Wildman–Crippen LogP) is 1.98. The number of carbonyl (C=O) groups is 2. The molecule has 1 heterocycles. The molecule has 0 aromatic heterocycles. The van der Waals surface area contributed by atoms with Crippen molar-refractivity contribution < 1.29 is 19.4 Å². The first kappa shape index (κ1) is 15.3. The number of hydrogen-bond donors (Lipinski definition) is 1. The van der Waals surface area contributed by atoms with Crippen molar-refractivity contribution in [2.24, 2.45) is 11.3 Å². The Morgan fingerprint density at radius 1 is 1.35 bits per heavy atom. The smallest absolute Gasteiger partial charge is 0.410 e. The highest BCUT2D eigenvalue weighted by molar-refractivity contribution is 5.89. The van der Waals surface area contributed by atoms with Gasteiger partial charge in [-0.05, 0) is 46.5 Å². The number of rotatable bonds is 1. The summed E-state index contributed by atoms with van der Waals surface area (Å²) in [5.41, 5.74) is -0.788. The zero-order valence-corrected chi connectivity index (χ0v) is 12.6. The van der Waals surface area contributed by atoms with Crippen LogP contribution >= 0.6 is 0 Å². The highest BCUT2D eigenvalue weighted by Gasteiger charge is 2.49. The average molecular weight is 283 g/mol. The second-order valence-electron chi connectivity index (χ2n) is 7.03. The Hall–Kier alpha value is -1.10. The minimum atomic E-state index is -0.489. The number of ether oxygens (including phenoxy) is 1. The second kappa shape index (κ2) is 5.35. The van der Waals surface area contributed by atoms with Crippen molar-refractivity contribution in [3.05, 3.63) is 0 Å². The Balaban J connectivity index is 1.93. The van der Waals surface area contributed by atoms with Crippen LogP contribution < -0.4 is 0 Å². The minimum Gasteiger partial charge on any atom is -0.444 e. The third-order valence-electron chi connectivity index (χ3n) is 4.46. The lowest BCUT2D eigenvalue weighted by atomic mass is 9.75. The van der Waals surface area contributed by atoms with Gasteiger partial charge in [0.25, 0.3) is 0 Å². The normalized spacial score (nSPS) is 26.1. The molecular weight excluding hydrogens is 258 g/mol. The number of Topliss-reactive ketones (excluding diaryl/α,β-unsaturated/α-hetero) is 1. The minimum absolute atomic E-state index is 0.0453. The van der Waals surface area contributed by atoms with E-state index < -0.39 is 5.60 Å². The molecule has 0 aromatic carbocycles. The van der Waals surface area contributed by atoms with Crippen LogP contribution in [0.25, 0.3) is 0 Å². The summed E-state index contributed by atoms with van der Waals surface area (Å²) in [5.74, 6) is 0.00640. The third-order valence-corrected chi connectivity index (χ3v) is 4.46. The molecule has 0 bridgehead atoms. The van der Waals surface area contributed by atoms with Crippen molar-refractivity contribution in [2.45, 2.75) is 52.1 Å². The monoisotopic (exact) mass is 283 g/mol. The van der Waals surface area contributed by atoms with Crippen LogP contribution in [0.5, 0.6) is 0 Å². The summed E-state index contributed by atoms with van der Waals surface area (Å²) < 4.78 is 5.36. The van der Waals surface area contributed by atoms with Gasteiger partial charge < -0.3 is 14.7 Å². The molecule has 1 spiro atoms. The Kier molecular flexibility index (Phi) is 4.09. The van der Waals surface area contributed by atoms with Gasteiger partial charge in [-0.2, -0.15) is 0 Å². The number of nitrogens with zero attached hydrogens (tertiary/aromatic N) is 1. The zero-order valence-electron chi connectivity index (χ0n) is 12.6. The van der Waals surface area contributed by atoms with Gasteiger partial charge in [-0.15, -0.1) is 0 Å². The van der Waals surface area contributed by atoms with Crippen LogP contribution in [0.1, 0.15) is 46.5 Å². The van der Waals surface area contributed by atoms with Gasteiger partial charge >= 0.3 is 6.09 Å². The van der Waals surface area contributed by atoms with Crippen LogP contribution in [0.2, 0.25) is 0 Å². The number of amides is 1. The number of aliphatic hydroxyl groups excluding tert-OH is 1. The number of hydrogen-bond acceptors (Lipinski definition) is 4. The molecule has 0 aromatic rings. The first-order valence-electron chi connectivity index (χ1n) is 7.40. The zero-order chi connectivity index (χ0) is 15.0. The summed E-state index contributed by atoms with van der Waals surface area (Å²) in [5, 5.41) is 9.21. The van der Waals surface area contributed by atoms with Crippen LogP contribution in [-0.4, -0.2) is 47.2 Å². The number of piperidine rings is 1. The summed E-state index contributed by atoms with van der Waals surface area (Å²) >= 11 is 0. The molecule has 0 radical (unpaired) electrons. The van der Waals surface area contributed by atoms with Crippen molar-refractivity contribution in [1.29, 1.82) is 0 Å². The SMILES string of the molecule is CC(C)(C)OC(=O)N1CCC2(CC[C@H](CO)C2=O)CC1. The van der Waals surface area contributed by atoms with Gasteiger partial charge in [0, 0.05) is 24.4 Å². The van der Waals surface area contributed by atoms with Crippen LogP contribution in [0.4, 0.5) is 4.79 Å². The molecule has 114 valence electrons. The quantitative estimate of drug-likeness (QED) is 0.799. The van der Waals surface area contributed by atoms with Gasteiger partial charge in [-0.1, -0.05) is 0 Å². The lowest BCUT2D eigenvalue weighted by Crippen LogP contribution is -2.47.